The Labute approximate surface area is 125 Å². The predicted molar refractivity (Wildman–Crippen MR) is 82.2 cm³/mol. The quantitative estimate of drug-likeness (QED) is 0.838. The molecule has 4 nitrogen and oxygen atoms in total. The summed E-state index contributed by atoms with van der Waals surface area (Å²) in [4.78, 5) is 0.111. The molecule has 6 heteroatoms. The number of hydrogen-bond donors (Lipinski definition) is 2. The lowest BCUT2D eigenvalue weighted by Gasteiger charge is -2.28. The third-order valence-electron chi connectivity index (χ3n) is 4.01. The molecule has 1 aromatic rings. The van der Waals surface area contributed by atoms with Crippen molar-refractivity contribution < 1.29 is 8.42 Å². The molecule has 2 rings (SSSR count). The number of hydrogen-bond acceptors (Lipinski definition) is 3. The largest absolute Gasteiger partial charge is 0.398 e. The van der Waals surface area contributed by atoms with Crippen molar-refractivity contribution in [3.63, 3.8) is 0 Å². The maximum atomic E-state index is 12.3. The van der Waals surface area contributed by atoms with E-state index in [0.29, 0.717) is 5.02 Å². The lowest BCUT2D eigenvalue weighted by Crippen LogP contribution is -2.37. The minimum Gasteiger partial charge on any atom is -0.398 e. The van der Waals surface area contributed by atoms with Crippen molar-refractivity contribution in [1.82, 2.24) is 4.72 Å². The second-order valence-corrected chi connectivity index (χ2v) is 7.55. The van der Waals surface area contributed by atoms with Crippen LogP contribution in [-0.2, 0) is 10.0 Å². The summed E-state index contributed by atoms with van der Waals surface area (Å²) in [5.74, 6) is 0.733. The molecule has 0 saturated heterocycles. The fourth-order valence-electron chi connectivity index (χ4n) is 2.74. The van der Waals surface area contributed by atoms with Gasteiger partial charge in [-0.25, -0.2) is 13.1 Å². The highest BCUT2D eigenvalue weighted by Gasteiger charge is 2.26. The van der Waals surface area contributed by atoms with E-state index >= 15 is 0 Å². The number of halogens is 1. The molecule has 20 heavy (non-hydrogen) atoms. The molecule has 0 bridgehead atoms. The van der Waals surface area contributed by atoms with E-state index in [-0.39, 0.29) is 16.6 Å². The van der Waals surface area contributed by atoms with E-state index in [2.05, 4.69) is 11.6 Å². The fraction of sp³-hybridized carbons (Fsp3) is 0.571. The lowest BCUT2D eigenvalue weighted by molar-refractivity contribution is 0.306. The maximum absolute atomic E-state index is 12.3. The highest BCUT2D eigenvalue weighted by atomic mass is 35.5. The third kappa shape index (κ3) is 3.65. The van der Waals surface area contributed by atoms with Crippen LogP contribution in [0, 0.1) is 5.92 Å². The summed E-state index contributed by atoms with van der Waals surface area (Å²) in [5, 5.41) is 0.435. The summed E-state index contributed by atoms with van der Waals surface area (Å²) in [7, 11) is -3.57. The summed E-state index contributed by atoms with van der Waals surface area (Å²) >= 11 is 5.80. The molecule has 1 saturated carbocycles. The van der Waals surface area contributed by atoms with Gasteiger partial charge in [0.1, 0.15) is 4.90 Å². The van der Waals surface area contributed by atoms with Gasteiger partial charge in [-0.1, -0.05) is 24.9 Å². The number of benzene rings is 1. The molecule has 0 radical (unpaired) electrons. The topological polar surface area (TPSA) is 72.2 Å². The monoisotopic (exact) mass is 316 g/mol. The first-order valence-electron chi connectivity index (χ1n) is 6.99. The van der Waals surface area contributed by atoms with Gasteiger partial charge in [-0.15, -0.1) is 0 Å². The van der Waals surface area contributed by atoms with E-state index in [1.54, 1.807) is 6.07 Å². The van der Waals surface area contributed by atoms with Crippen molar-refractivity contribution >= 4 is 27.3 Å². The van der Waals surface area contributed by atoms with Crippen molar-refractivity contribution in [3.8, 4) is 0 Å². The highest BCUT2D eigenvalue weighted by Crippen LogP contribution is 2.28. The second kappa shape index (κ2) is 6.33. The maximum Gasteiger partial charge on any atom is 0.242 e. The van der Waals surface area contributed by atoms with Gasteiger partial charge in [0.25, 0.3) is 0 Å². The van der Waals surface area contributed by atoms with E-state index in [4.69, 9.17) is 17.3 Å². The van der Waals surface area contributed by atoms with E-state index in [9.17, 15) is 8.42 Å². The van der Waals surface area contributed by atoms with Crippen LogP contribution in [0.2, 0.25) is 5.02 Å². The van der Waals surface area contributed by atoms with E-state index in [0.717, 1.165) is 31.6 Å². The van der Waals surface area contributed by atoms with E-state index in [1.807, 2.05) is 0 Å². The molecular formula is C14H21ClN2O2S. The summed E-state index contributed by atoms with van der Waals surface area (Å²) in [6.45, 7) is 2.18. The highest BCUT2D eigenvalue weighted by molar-refractivity contribution is 7.89. The molecule has 1 aliphatic rings. The van der Waals surface area contributed by atoms with Crippen LogP contribution in [0.1, 0.15) is 39.0 Å². The van der Waals surface area contributed by atoms with Gasteiger partial charge in [-0.2, -0.15) is 0 Å². The van der Waals surface area contributed by atoms with Gasteiger partial charge in [-0.05, 0) is 49.8 Å². The number of nitrogens with one attached hydrogen (secondary N) is 1. The average molecular weight is 317 g/mol. The molecule has 3 N–H and O–H groups in total. The molecule has 0 amide bonds. The first-order chi connectivity index (χ1) is 9.42. The Morgan fingerprint density at radius 2 is 1.95 bits per heavy atom. The number of anilines is 1. The van der Waals surface area contributed by atoms with Crippen molar-refractivity contribution in [3.05, 3.63) is 23.2 Å². The number of rotatable bonds is 4. The van der Waals surface area contributed by atoms with Gasteiger partial charge < -0.3 is 5.73 Å². The number of sulfonamides is 1. The van der Waals surface area contributed by atoms with Gasteiger partial charge in [0, 0.05) is 11.1 Å². The third-order valence-corrected chi connectivity index (χ3v) is 5.84. The minimum absolute atomic E-state index is 0.0119. The van der Waals surface area contributed by atoms with Crippen LogP contribution in [0.4, 0.5) is 5.69 Å². The van der Waals surface area contributed by atoms with Crippen LogP contribution < -0.4 is 10.5 Å². The van der Waals surface area contributed by atoms with Crippen molar-refractivity contribution in [1.29, 1.82) is 0 Å². The first kappa shape index (κ1) is 15.6. The zero-order chi connectivity index (χ0) is 14.8. The average Bonchev–Trinajstić information content (AvgIpc) is 2.38. The number of nitrogen functional groups attached to an aromatic ring is 1. The molecule has 0 aromatic heterocycles. The Kier molecular flexibility index (Phi) is 4.94. The molecule has 1 aliphatic carbocycles. The summed E-state index contributed by atoms with van der Waals surface area (Å²) in [6.07, 6.45) is 5.12. The standard InChI is InChI=1S/C14H21ClN2O2S/c1-2-10-3-6-12(7-4-10)17-20(18,19)14-8-5-11(15)9-13(14)16/h5,8-10,12,17H,2-4,6-7,16H2,1H3. The molecule has 1 aromatic carbocycles. The van der Waals surface area contributed by atoms with Crippen LogP contribution in [0.5, 0.6) is 0 Å². The van der Waals surface area contributed by atoms with Crippen LogP contribution in [0.3, 0.4) is 0 Å². The molecule has 0 spiro atoms. The molecule has 1 fully saturated rings. The van der Waals surface area contributed by atoms with Gasteiger partial charge in [-0.3, -0.25) is 0 Å². The van der Waals surface area contributed by atoms with Crippen molar-refractivity contribution in [2.24, 2.45) is 5.92 Å². The van der Waals surface area contributed by atoms with Crippen LogP contribution in [-0.4, -0.2) is 14.5 Å². The van der Waals surface area contributed by atoms with Gasteiger partial charge >= 0.3 is 0 Å². The predicted octanol–water partition coefficient (Wildman–Crippen LogP) is 3.17. The van der Waals surface area contributed by atoms with Gasteiger partial charge in [0.2, 0.25) is 10.0 Å². The summed E-state index contributed by atoms with van der Waals surface area (Å²) in [6, 6.07) is 4.47. The van der Waals surface area contributed by atoms with E-state index < -0.39 is 10.0 Å². The molecule has 0 aliphatic heterocycles. The molecule has 0 unspecified atom stereocenters. The Balaban J connectivity index is 2.08. The lowest BCUT2D eigenvalue weighted by atomic mass is 9.85. The fourth-order valence-corrected chi connectivity index (χ4v) is 4.33. The molecule has 0 heterocycles. The smallest absolute Gasteiger partial charge is 0.242 e. The van der Waals surface area contributed by atoms with Crippen LogP contribution >= 0.6 is 11.6 Å². The first-order valence-corrected chi connectivity index (χ1v) is 8.86. The minimum atomic E-state index is -3.57. The zero-order valence-electron chi connectivity index (χ0n) is 11.6. The van der Waals surface area contributed by atoms with E-state index in [1.165, 1.54) is 18.6 Å². The summed E-state index contributed by atoms with van der Waals surface area (Å²) < 4.78 is 27.5. The molecular weight excluding hydrogens is 296 g/mol. The Morgan fingerprint density at radius 3 is 2.50 bits per heavy atom. The SMILES string of the molecule is CCC1CCC(NS(=O)(=O)c2ccc(Cl)cc2N)CC1. The summed E-state index contributed by atoms with van der Waals surface area (Å²) in [5.41, 5.74) is 5.94. The Morgan fingerprint density at radius 1 is 1.30 bits per heavy atom. The van der Waals surface area contributed by atoms with Crippen LogP contribution in [0.25, 0.3) is 0 Å². The Hall–Kier alpha value is -0.780. The van der Waals surface area contributed by atoms with Crippen LogP contribution in [0.15, 0.2) is 23.1 Å². The van der Waals surface area contributed by atoms with Gasteiger partial charge in [0.05, 0.1) is 5.69 Å². The van der Waals surface area contributed by atoms with Gasteiger partial charge in [0.15, 0.2) is 0 Å². The van der Waals surface area contributed by atoms with Crippen molar-refractivity contribution in [2.45, 2.75) is 50.0 Å². The molecule has 112 valence electrons. The normalized spacial score (nSPS) is 23.7. The molecule has 0 atom stereocenters. The van der Waals surface area contributed by atoms with Crippen molar-refractivity contribution in [2.75, 3.05) is 5.73 Å². The number of nitrogens with two attached hydrogens (primary N) is 1. The Bertz CT molecular complexity index is 567. The zero-order valence-corrected chi connectivity index (χ0v) is 13.2. The second-order valence-electron chi connectivity index (χ2n) is 5.43.